The molecule has 154 valence electrons. The van der Waals surface area contributed by atoms with Gasteiger partial charge in [0.05, 0.1) is 12.9 Å². The van der Waals surface area contributed by atoms with Crippen LogP contribution in [-0.4, -0.2) is 76.1 Å². The molecule has 1 aliphatic rings. The number of aromatic amines is 1. The Bertz CT molecular complexity index is 1020. The molecule has 14 nitrogen and oxygen atoms in total. The monoisotopic (exact) mass is 406 g/mol. The maximum absolute atomic E-state index is 11.7. The molecular weight excluding hydrogens is 388 g/mol. The number of anilines is 2. The van der Waals surface area contributed by atoms with E-state index in [2.05, 4.69) is 30.2 Å². The fourth-order valence-corrected chi connectivity index (χ4v) is 2.67. The van der Waals surface area contributed by atoms with E-state index < -0.39 is 36.7 Å². The fraction of sp³-hybridized carbons (Fsp3) is 0.333. The van der Waals surface area contributed by atoms with Crippen LogP contribution in [0, 0.1) is 0 Å². The number of ether oxygens (including phenoxy) is 1. The third kappa shape index (κ3) is 4.19. The lowest BCUT2D eigenvalue weighted by Crippen LogP contribution is -2.33. The van der Waals surface area contributed by atoms with Crippen LogP contribution in [0.3, 0.4) is 0 Å². The van der Waals surface area contributed by atoms with Crippen molar-refractivity contribution in [1.29, 1.82) is 0 Å². The van der Waals surface area contributed by atoms with Gasteiger partial charge in [-0.05, 0) is 6.07 Å². The van der Waals surface area contributed by atoms with Crippen LogP contribution in [0.5, 0.6) is 0 Å². The molecule has 0 aromatic carbocycles. The van der Waals surface area contributed by atoms with Crippen molar-refractivity contribution in [2.24, 2.45) is 0 Å². The Hall–Kier alpha value is -3.46. The molecule has 0 aliphatic carbocycles. The molecular formula is C15H18N8O6. The van der Waals surface area contributed by atoms with E-state index in [0.29, 0.717) is 12.4 Å². The van der Waals surface area contributed by atoms with Gasteiger partial charge >= 0.3 is 0 Å². The third-order valence-electron chi connectivity index (χ3n) is 4.00. The van der Waals surface area contributed by atoms with Crippen molar-refractivity contribution in [2.45, 2.75) is 24.5 Å². The lowest BCUT2D eigenvalue weighted by Gasteiger charge is -2.16. The molecule has 0 radical (unpaired) electrons. The predicted octanol–water partition coefficient (Wildman–Crippen LogP) is -2.64. The lowest BCUT2D eigenvalue weighted by molar-refractivity contribution is -0.105. The highest BCUT2D eigenvalue weighted by atomic mass is 16.6. The van der Waals surface area contributed by atoms with E-state index in [0.717, 1.165) is 0 Å². The average Bonchev–Trinajstić information content (AvgIpc) is 3.25. The number of nitrogens with zero attached hydrogens (tertiary/aromatic N) is 5. The minimum Gasteiger partial charge on any atom is -0.394 e. The minimum atomic E-state index is -1.29. The SMILES string of the molecule is Nc1nc2c(ncn2[C@@H]2O[C@H](CO)[C@@H](O)[C@H]2O)c(=O)[nH]1.O=CNc1ncccn1. The number of carbonyl (C=O) groups is 1. The van der Waals surface area contributed by atoms with Crippen molar-refractivity contribution >= 4 is 29.5 Å². The number of imidazole rings is 1. The first-order valence-corrected chi connectivity index (χ1v) is 8.28. The summed E-state index contributed by atoms with van der Waals surface area (Å²) in [5.74, 6) is 0.225. The number of amides is 1. The van der Waals surface area contributed by atoms with Gasteiger partial charge in [-0.1, -0.05) is 0 Å². The van der Waals surface area contributed by atoms with E-state index in [4.69, 9.17) is 15.6 Å². The first-order chi connectivity index (χ1) is 14.0. The van der Waals surface area contributed by atoms with Gasteiger partial charge in [0.25, 0.3) is 5.56 Å². The normalized spacial score (nSPS) is 23.4. The van der Waals surface area contributed by atoms with Gasteiger partial charge in [0.2, 0.25) is 18.3 Å². The molecule has 0 saturated carbocycles. The Kier molecular flexibility index (Phi) is 6.08. The average molecular weight is 406 g/mol. The number of rotatable bonds is 4. The summed E-state index contributed by atoms with van der Waals surface area (Å²) < 4.78 is 6.64. The molecule has 4 atom stereocenters. The summed E-state index contributed by atoms with van der Waals surface area (Å²) in [6.07, 6.45) is 0.431. The quantitative estimate of drug-likeness (QED) is 0.246. The number of aliphatic hydroxyl groups excluding tert-OH is 3. The number of nitrogens with two attached hydrogens (primary N) is 1. The maximum Gasteiger partial charge on any atom is 0.280 e. The Morgan fingerprint density at radius 3 is 2.62 bits per heavy atom. The highest BCUT2D eigenvalue weighted by Crippen LogP contribution is 2.30. The Labute approximate surface area is 162 Å². The molecule has 1 amide bonds. The number of nitrogens with one attached hydrogen (secondary N) is 2. The van der Waals surface area contributed by atoms with Crippen molar-refractivity contribution in [3.63, 3.8) is 0 Å². The Morgan fingerprint density at radius 1 is 1.28 bits per heavy atom. The number of aromatic nitrogens is 6. The molecule has 3 aromatic rings. The maximum atomic E-state index is 11.7. The smallest absolute Gasteiger partial charge is 0.280 e. The summed E-state index contributed by atoms with van der Waals surface area (Å²) in [6, 6.07) is 1.68. The van der Waals surface area contributed by atoms with Gasteiger partial charge in [0, 0.05) is 12.4 Å². The number of nitrogen functional groups attached to an aromatic ring is 1. The number of carbonyl (C=O) groups excluding carboxylic acids is 1. The molecule has 14 heteroatoms. The largest absolute Gasteiger partial charge is 0.394 e. The molecule has 7 N–H and O–H groups in total. The van der Waals surface area contributed by atoms with E-state index in [9.17, 15) is 19.8 Å². The standard InChI is InChI=1S/C10H13N5O5.C5H5N3O/c11-10-13-7-4(8(19)14-10)12-2-15(7)9-6(18)5(17)3(1-16)20-9;9-4-8-5-6-2-1-3-7-5/h2-3,5-6,9,16-18H,1H2,(H3,11,13,14,19);1-4H,(H,6,7,8,9)/t3-,5-,6-,9-;/m1./s1. The van der Waals surface area contributed by atoms with Gasteiger partial charge in [0.15, 0.2) is 17.4 Å². The van der Waals surface area contributed by atoms with Crippen LogP contribution in [0.1, 0.15) is 6.23 Å². The summed E-state index contributed by atoms with van der Waals surface area (Å²) in [7, 11) is 0. The molecule has 4 rings (SSSR count). The van der Waals surface area contributed by atoms with Crippen molar-refractivity contribution in [3.8, 4) is 0 Å². The summed E-state index contributed by atoms with van der Waals surface area (Å²) in [6.45, 7) is -0.447. The van der Waals surface area contributed by atoms with Crippen LogP contribution >= 0.6 is 0 Å². The van der Waals surface area contributed by atoms with Gasteiger partial charge in [-0.3, -0.25) is 24.5 Å². The molecule has 0 unspecified atom stereocenters. The molecule has 29 heavy (non-hydrogen) atoms. The van der Waals surface area contributed by atoms with Crippen molar-refractivity contribution in [3.05, 3.63) is 35.1 Å². The van der Waals surface area contributed by atoms with Crippen LogP contribution in [0.2, 0.25) is 0 Å². The van der Waals surface area contributed by atoms with Gasteiger partial charge in [-0.25, -0.2) is 15.0 Å². The van der Waals surface area contributed by atoms with Crippen LogP contribution in [-0.2, 0) is 9.53 Å². The van der Waals surface area contributed by atoms with Gasteiger partial charge < -0.3 is 25.8 Å². The first kappa shape index (κ1) is 20.3. The molecule has 1 fully saturated rings. The number of hydrogen-bond donors (Lipinski definition) is 6. The zero-order chi connectivity index (χ0) is 21.0. The second-order valence-electron chi connectivity index (χ2n) is 5.84. The highest BCUT2D eigenvalue weighted by Gasteiger charge is 2.44. The molecule has 1 aliphatic heterocycles. The molecule has 3 aromatic heterocycles. The van der Waals surface area contributed by atoms with E-state index in [1.165, 1.54) is 10.9 Å². The predicted molar refractivity (Wildman–Crippen MR) is 97.3 cm³/mol. The van der Waals surface area contributed by atoms with Gasteiger partial charge in [0.1, 0.15) is 18.3 Å². The summed E-state index contributed by atoms with van der Waals surface area (Å²) in [4.78, 5) is 39.0. The highest BCUT2D eigenvalue weighted by molar-refractivity contribution is 5.70. The van der Waals surface area contributed by atoms with E-state index >= 15 is 0 Å². The Balaban J connectivity index is 0.000000224. The van der Waals surface area contributed by atoms with E-state index in [1.807, 2.05) is 0 Å². The van der Waals surface area contributed by atoms with Gasteiger partial charge in [-0.15, -0.1) is 0 Å². The molecule has 1 saturated heterocycles. The summed E-state index contributed by atoms with van der Waals surface area (Å²) in [5.41, 5.74) is 5.12. The van der Waals surface area contributed by atoms with Crippen LogP contribution in [0.25, 0.3) is 11.2 Å². The number of H-pyrrole nitrogens is 1. The fourth-order valence-electron chi connectivity index (χ4n) is 2.67. The minimum absolute atomic E-state index is 0.0388. The number of aliphatic hydroxyl groups is 3. The number of hydrogen-bond acceptors (Lipinski definition) is 11. The number of fused-ring (bicyclic) bond motifs is 1. The third-order valence-corrected chi connectivity index (χ3v) is 4.00. The topological polar surface area (TPSA) is 214 Å². The van der Waals surface area contributed by atoms with Crippen molar-refractivity contribution < 1.29 is 24.9 Å². The summed E-state index contributed by atoms with van der Waals surface area (Å²) >= 11 is 0. The molecule has 0 spiro atoms. The van der Waals surface area contributed by atoms with Gasteiger partial charge in [-0.2, -0.15) is 4.98 Å². The Morgan fingerprint density at radius 2 is 2.00 bits per heavy atom. The zero-order valence-electron chi connectivity index (χ0n) is 14.8. The summed E-state index contributed by atoms with van der Waals surface area (Å²) in [5, 5.41) is 31.0. The second kappa shape index (κ2) is 8.70. The second-order valence-corrected chi connectivity index (χ2v) is 5.84. The van der Waals surface area contributed by atoms with E-state index in [1.54, 1.807) is 18.5 Å². The van der Waals surface area contributed by atoms with Crippen LogP contribution in [0.4, 0.5) is 11.9 Å². The molecule has 0 bridgehead atoms. The van der Waals surface area contributed by atoms with Crippen molar-refractivity contribution in [1.82, 2.24) is 29.5 Å². The zero-order valence-corrected chi connectivity index (χ0v) is 14.8. The van der Waals surface area contributed by atoms with E-state index in [-0.39, 0.29) is 17.1 Å². The molecule has 4 heterocycles. The van der Waals surface area contributed by atoms with Crippen LogP contribution in [0.15, 0.2) is 29.6 Å². The first-order valence-electron chi connectivity index (χ1n) is 8.28. The van der Waals surface area contributed by atoms with Crippen LogP contribution < -0.4 is 16.6 Å². The van der Waals surface area contributed by atoms with Crippen molar-refractivity contribution in [2.75, 3.05) is 17.7 Å². The lowest BCUT2D eigenvalue weighted by atomic mass is 10.1.